The molecule has 0 bridgehead atoms. The number of hydrogen-bond donors (Lipinski definition) is 2. The third kappa shape index (κ3) is 2.13. The van der Waals surface area contributed by atoms with Crippen LogP contribution < -0.4 is 10.2 Å². The largest absolute Gasteiger partial charge is 0.507 e. The second-order valence-electron chi connectivity index (χ2n) is 4.44. The van der Waals surface area contributed by atoms with Crippen molar-refractivity contribution in [1.82, 2.24) is 5.32 Å². The fourth-order valence-electron chi connectivity index (χ4n) is 2.32. The van der Waals surface area contributed by atoms with Crippen molar-refractivity contribution >= 4 is 11.5 Å². The number of rotatable bonds is 3. The summed E-state index contributed by atoms with van der Waals surface area (Å²) in [5.74, 6) is 0.0929. The van der Waals surface area contributed by atoms with Crippen molar-refractivity contribution in [3.63, 3.8) is 0 Å². The van der Waals surface area contributed by atoms with Crippen molar-refractivity contribution in [2.24, 2.45) is 0 Å². The summed E-state index contributed by atoms with van der Waals surface area (Å²) < 4.78 is 0. The molecule has 0 aromatic heterocycles. The van der Waals surface area contributed by atoms with E-state index in [2.05, 4.69) is 10.2 Å². The first kappa shape index (κ1) is 11.9. The molecule has 0 aliphatic carbocycles. The highest BCUT2D eigenvalue weighted by molar-refractivity contribution is 6.01. The Hall–Kier alpha value is -1.55. The average molecular weight is 234 g/mol. The quantitative estimate of drug-likeness (QED) is 0.771. The summed E-state index contributed by atoms with van der Waals surface area (Å²) in [6, 6.07) is 3.65. The van der Waals surface area contributed by atoms with Gasteiger partial charge < -0.3 is 15.3 Å². The molecule has 1 aliphatic rings. The molecule has 0 spiro atoms. The first-order chi connectivity index (χ1) is 8.15. The van der Waals surface area contributed by atoms with Gasteiger partial charge in [0.1, 0.15) is 5.75 Å². The van der Waals surface area contributed by atoms with Gasteiger partial charge >= 0.3 is 0 Å². The van der Waals surface area contributed by atoms with Crippen molar-refractivity contribution in [3.05, 3.63) is 23.3 Å². The van der Waals surface area contributed by atoms with Gasteiger partial charge in [-0.15, -0.1) is 0 Å². The number of ketones is 1. The summed E-state index contributed by atoms with van der Waals surface area (Å²) in [5, 5.41) is 13.0. The van der Waals surface area contributed by atoms with E-state index in [9.17, 15) is 9.90 Å². The van der Waals surface area contributed by atoms with Crippen LogP contribution in [-0.4, -0.2) is 38.1 Å². The van der Waals surface area contributed by atoms with Crippen LogP contribution in [0, 0.1) is 0 Å². The number of phenols is 1. The Labute approximate surface area is 101 Å². The van der Waals surface area contributed by atoms with Crippen molar-refractivity contribution < 1.29 is 9.90 Å². The van der Waals surface area contributed by atoms with Gasteiger partial charge in [0.05, 0.1) is 12.1 Å². The topological polar surface area (TPSA) is 52.6 Å². The van der Waals surface area contributed by atoms with Crippen LogP contribution in [0.15, 0.2) is 12.1 Å². The average Bonchev–Trinajstić information content (AvgIpc) is 2.31. The van der Waals surface area contributed by atoms with Gasteiger partial charge in [0.2, 0.25) is 0 Å². The van der Waals surface area contributed by atoms with E-state index >= 15 is 0 Å². The lowest BCUT2D eigenvalue weighted by molar-refractivity contribution is 0.0991. The molecule has 4 heteroatoms. The molecule has 0 amide bonds. The molecular weight excluding hydrogens is 216 g/mol. The van der Waals surface area contributed by atoms with Crippen LogP contribution in [0.5, 0.6) is 5.75 Å². The van der Waals surface area contributed by atoms with E-state index in [1.807, 2.05) is 13.1 Å². The normalized spacial score (nSPS) is 14.6. The summed E-state index contributed by atoms with van der Waals surface area (Å²) in [4.78, 5) is 13.9. The lowest BCUT2D eigenvalue weighted by Crippen LogP contribution is -2.25. The van der Waals surface area contributed by atoms with Crippen LogP contribution in [0.4, 0.5) is 5.69 Å². The molecule has 1 heterocycles. The number of benzene rings is 1. The molecule has 0 fully saturated rings. The third-order valence-electron chi connectivity index (χ3n) is 3.23. The van der Waals surface area contributed by atoms with Crippen LogP contribution in [0.3, 0.4) is 0 Å². The van der Waals surface area contributed by atoms with Crippen LogP contribution >= 0.6 is 0 Å². The zero-order valence-electron chi connectivity index (χ0n) is 10.3. The smallest absolute Gasteiger partial charge is 0.180 e. The molecule has 0 unspecified atom stereocenters. The van der Waals surface area contributed by atoms with Crippen molar-refractivity contribution in [3.8, 4) is 5.75 Å². The standard InChI is InChI=1S/C13H18N2O2/c1-14-8-12(16)10-5-6-11-9(13(10)17)4-3-7-15(11)2/h5-6,14,17H,3-4,7-8H2,1-2H3. The van der Waals surface area contributed by atoms with E-state index in [1.165, 1.54) is 0 Å². The van der Waals surface area contributed by atoms with E-state index in [4.69, 9.17) is 0 Å². The number of fused-ring (bicyclic) bond motifs is 1. The fourth-order valence-corrected chi connectivity index (χ4v) is 2.32. The van der Waals surface area contributed by atoms with E-state index < -0.39 is 0 Å². The van der Waals surface area contributed by atoms with E-state index in [0.717, 1.165) is 30.6 Å². The van der Waals surface area contributed by atoms with Crippen molar-refractivity contribution in [2.75, 3.05) is 32.1 Å². The molecule has 0 saturated heterocycles. The lowest BCUT2D eigenvalue weighted by Gasteiger charge is -2.28. The maximum Gasteiger partial charge on any atom is 0.180 e. The van der Waals surface area contributed by atoms with Crippen LogP contribution in [0.1, 0.15) is 22.3 Å². The van der Waals surface area contributed by atoms with Gasteiger partial charge in [-0.05, 0) is 32.0 Å². The first-order valence-corrected chi connectivity index (χ1v) is 5.89. The number of carbonyl (C=O) groups excluding carboxylic acids is 1. The number of likely N-dealkylation sites (N-methyl/N-ethyl adjacent to an activating group) is 1. The van der Waals surface area contributed by atoms with Gasteiger partial charge in [-0.2, -0.15) is 0 Å². The highest BCUT2D eigenvalue weighted by Gasteiger charge is 2.21. The third-order valence-corrected chi connectivity index (χ3v) is 3.23. The molecule has 0 radical (unpaired) electrons. The lowest BCUT2D eigenvalue weighted by atomic mass is 9.96. The molecule has 1 aromatic carbocycles. The Kier molecular flexibility index (Phi) is 3.33. The highest BCUT2D eigenvalue weighted by atomic mass is 16.3. The number of hydrogen-bond acceptors (Lipinski definition) is 4. The molecule has 1 aromatic rings. The zero-order valence-corrected chi connectivity index (χ0v) is 10.3. The maximum absolute atomic E-state index is 11.8. The molecule has 92 valence electrons. The molecule has 0 saturated carbocycles. The van der Waals surface area contributed by atoms with Gasteiger partial charge in [0.15, 0.2) is 5.78 Å². The summed E-state index contributed by atoms with van der Waals surface area (Å²) in [5.41, 5.74) is 2.36. The number of nitrogens with one attached hydrogen (secondary N) is 1. The molecule has 0 atom stereocenters. The molecule has 4 nitrogen and oxygen atoms in total. The molecule has 1 aliphatic heterocycles. The summed E-state index contributed by atoms with van der Waals surface area (Å²) in [6.07, 6.45) is 1.85. The Balaban J connectivity index is 2.42. The number of phenolic OH excluding ortho intramolecular Hbond substituents is 1. The van der Waals surface area contributed by atoms with Crippen molar-refractivity contribution in [1.29, 1.82) is 0 Å². The minimum Gasteiger partial charge on any atom is -0.507 e. The Morgan fingerprint density at radius 3 is 3.00 bits per heavy atom. The molecule has 17 heavy (non-hydrogen) atoms. The number of Topliss-reactive ketones (excluding diaryl/α,β-unsaturated/α-hetero) is 1. The van der Waals surface area contributed by atoms with E-state index in [-0.39, 0.29) is 18.1 Å². The monoisotopic (exact) mass is 234 g/mol. The summed E-state index contributed by atoms with van der Waals surface area (Å²) in [6.45, 7) is 1.25. The van der Waals surface area contributed by atoms with Crippen LogP contribution in [-0.2, 0) is 6.42 Å². The Morgan fingerprint density at radius 2 is 2.29 bits per heavy atom. The first-order valence-electron chi connectivity index (χ1n) is 5.89. The highest BCUT2D eigenvalue weighted by Crippen LogP contribution is 2.35. The van der Waals surface area contributed by atoms with Gasteiger partial charge in [-0.1, -0.05) is 0 Å². The number of anilines is 1. The minimum absolute atomic E-state index is 0.0685. The fraction of sp³-hybridized carbons (Fsp3) is 0.462. The predicted octanol–water partition coefficient (Wildman–Crippen LogP) is 1.18. The second-order valence-corrected chi connectivity index (χ2v) is 4.44. The molecule has 2 N–H and O–H groups in total. The predicted molar refractivity (Wildman–Crippen MR) is 68.0 cm³/mol. The van der Waals surface area contributed by atoms with Gasteiger partial charge in [0, 0.05) is 24.8 Å². The Morgan fingerprint density at radius 1 is 1.53 bits per heavy atom. The number of aromatic hydroxyl groups is 1. The SMILES string of the molecule is CNCC(=O)c1ccc2c(c1O)CCCN2C. The van der Waals surface area contributed by atoms with Crippen LogP contribution in [0.2, 0.25) is 0 Å². The summed E-state index contributed by atoms with van der Waals surface area (Å²) in [7, 11) is 3.73. The second kappa shape index (κ2) is 4.75. The van der Waals surface area contributed by atoms with E-state index in [0.29, 0.717) is 5.56 Å². The summed E-state index contributed by atoms with van der Waals surface area (Å²) >= 11 is 0. The maximum atomic E-state index is 11.8. The van der Waals surface area contributed by atoms with Crippen LogP contribution in [0.25, 0.3) is 0 Å². The van der Waals surface area contributed by atoms with E-state index in [1.54, 1.807) is 13.1 Å². The minimum atomic E-state index is -0.0685. The number of nitrogens with zero attached hydrogens (tertiary/aromatic N) is 1. The molecular formula is C13H18N2O2. The van der Waals surface area contributed by atoms with Gasteiger partial charge in [-0.3, -0.25) is 4.79 Å². The van der Waals surface area contributed by atoms with Crippen molar-refractivity contribution in [2.45, 2.75) is 12.8 Å². The Bertz CT molecular complexity index is 443. The van der Waals surface area contributed by atoms with Gasteiger partial charge in [0.25, 0.3) is 0 Å². The van der Waals surface area contributed by atoms with Gasteiger partial charge in [-0.25, -0.2) is 0 Å². The number of carbonyl (C=O) groups is 1. The molecule has 2 rings (SSSR count). The zero-order chi connectivity index (χ0) is 12.4.